The van der Waals surface area contributed by atoms with Gasteiger partial charge in [-0.3, -0.25) is 4.79 Å². The van der Waals surface area contributed by atoms with Crippen LogP contribution in [-0.2, 0) is 14.3 Å². The molecule has 0 aliphatic carbocycles. The lowest BCUT2D eigenvalue weighted by molar-refractivity contribution is -0.136. The van der Waals surface area contributed by atoms with Crippen molar-refractivity contribution in [3.63, 3.8) is 0 Å². The molecule has 0 bridgehead atoms. The molecule has 0 fully saturated rings. The van der Waals surface area contributed by atoms with Gasteiger partial charge in [-0.05, 0) is 13.0 Å². The first kappa shape index (κ1) is 17.6. The molecule has 0 aliphatic rings. The van der Waals surface area contributed by atoms with Crippen molar-refractivity contribution in [2.24, 2.45) is 0 Å². The van der Waals surface area contributed by atoms with Crippen LogP contribution in [0, 0.1) is 6.92 Å². The third-order valence-electron chi connectivity index (χ3n) is 3.11. The Balaban J connectivity index is 3.12. The second kappa shape index (κ2) is 8.09. The fourth-order valence-electron chi connectivity index (χ4n) is 1.98. The third kappa shape index (κ3) is 4.82. The number of carbonyl (C=O) groups is 3. The number of hydrogen-bond donors (Lipinski definition) is 2. The van der Waals surface area contributed by atoms with E-state index in [2.05, 4.69) is 0 Å². The molecule has 6 heteroatoms. The molecule has 0 spiro atoms. The monoisotopic (exact) mass is 306 g/mol. The summed E-state index contributed by atoms with van der Waals surface area (Å²) in [5, 5.41) is 18.4. The van der Waals surface area contributed by atoms with Crippen LogP contribution < -0.4 is 0 Å². The number of aliphatic carboxylic acids is 2. The van der Waals surface area contributed by atoms with E-state index in [1.165, 1.54) is 7.11 Å². The zero-order valence-electron chi connectivity index (χ0n) is 12.5. The van der Waals surface area contributed by atoms with Gasteiger partial charge in [-0.1, -0.05) is 23.8 Å². The Morgan fingerprint density at radius 3 is 2.23 bits per heavy atom. The second-order valence-corrected chi connectivity index (χ2v) is 4.78. The first-order valence-electron chi connectivity index (χ1n) is 6.64. The minimum atomic E-state index is -1.41. The Bertz CT molecular complexity index is 615. The van der Waals surface area contributed by atoms with Crippen LogP contribution >= 0.6 is 0 Å². The number of hydrogen-bond acceptors (Lipinski definition) is 4. The number of ketones is 1. The molecule has 1 aromatic carbocycles. The number of carboxylic acid groups (broad SMARTS) is 2. The maximum atomic E-state index is 12.2. The predicted molar refractivity (Wildman–Crippen MR) is 78.9 cm³/mol. The van der Waals surface area contributed by atoms with E-state index in [1.807, 2.05) is 13.0 Å². The smallest absolute Gasteiger partial charge is 0.332 e. The molecular formula is C16H18O6. The quantitative estimate of drug-likeness (QED) is 0.563. The normalized spacial score (nSPS) is 11.7. The molecule has 0 aliphatic heterocycles. The highest BCUT2D eigenvalue weighted by Gasteiger charge is 2.23. The van der Waals surface area contributed by atoms with Crippen molar-refractivity contribution in [3.05, 3.63) is 46.5 Å². The Hall–Kier alpha value is -2.47. The fraction of sp³-hybridized carbons (Fsp3) is 0.312. The average molecular weight is 306 g/mol. The highest BCUT2D eigenvalue weighted by atomic mass is 16.5. The van der Waals surface area contributed by atoms with Crippen molar-refractivity contribution >= 4 is 17.7 Å². The van der Waals surface area contributed by atoms with Crippen LogP contribution in [0.2, 0.25) is 0 Å². The summed E-state index contributed by atoms with van der Waals surface area (Å²) in [6, 6.07) is 6.71. The second-order valence-electron chi connectivity index (χ2n) is 4.78. The average Bonchev–Trinajstić information content (AvgIpc) is 2.45. The summed E-state index contributed by atoms with van der Waals surface area (Å²) in [5.74, 6) is -3.20. The van der Waals surface area contributed by atoms with Gasteiger partial charge >= 0.3 is 11.9 Å². The van der Waals surface area contributed by atoms with Gasteiger partial charge in [-0.15, -0.1) is 0 Å². The lowest BCUT2D eigenvalue weighted by Gasteiger charge is -2.09. The molecule has 0 saturated carbocycles. The molecule has 0 amide bonds. The van der Waals surface area contributed by atoms with Crippen molar-refractivity contribution < 1.29 is 29.3 Å². The molecule has 2 N–H and O–H groups in total. The van der Waals surface area contributed by atoms with Gasteiger partial charge in [-0.2, -0.15) is 0 Å². The maximum Gasteiger partial charge on any atom is 0.332 e. The van der Waals surface area contributed by atoms with Crippen molar-refractivity contribution in [2.45, 2.75) is 19.8 Å². The number of rotatable bonds is 8. The highest BCUT2D eigenvalue weighted by molar-refractivity contribution is 6.06. The Morgan fingerprint density at radius 1 is 1.09 bits per heavy atom. The lowest BCUT2D eigenvalue weighted by atomic mass is 9.96. The summed E-state index contributed by atoms with van der Waals surface area (Å²) < 4.78 is 4.78. The molecule has 0 atom stereocenters. The number of methoxy groups -OCH3 is 1. The molecule has 0 unspecified atom stereocenters. The van der Waals surface area contributed by atoms with Gasteiger partial charge in [0.05, 0.1) is 17.8 Å². The molecule has 1 rings (SSSR count). The Kier molecular flexibility index (Phi) is 6.47. The van der Waals surface area contributed by atoms with Crippen LogP contribution in [-0.4, -0.2) is 41.7 Å². The number of ether oxygens (including phenoxy) is 1. The lowest BCUT2D eigenvalue weighted by Crippen LogP contribution is -2.16. The van der Waals surface area contributed by atoms with Crippen molar-refractivity contribution in [3.8, 4) is 0 Å². The van der Waals surface area contributed by atoms with E-state index >= 15 is 0 Å². The zero-order chi connectivity index (χ0) is 16.7. The van der Waals surface area contributed by atoms with E-state index in [-0.39, 0.29) is 18.6 Å². The largest absolute Gasteiger partial charge is 0.478 e. The van der Waals surface area contributed by atoms with E-state index in [1.54, 1.807) is 18.2 Å². The minimum absolute atomic E-state index is 0.0665. The fourth-order valence-corrected chi connectivity index (χ4v) is 1.98. The van der Waals surface area contributed by atoms with Crippen molar-refractivity contribution in [1.29, 1.82) is 0 Å². The number of Topliss-reactive ketones (excluding diaryl/α,β-unsaturated/α-hetero) is 1. The molecule has 118 valence electrons. The standard InChI is InChI=1S/C16H18O6/c1-10-4-3-5-11(8-10)14(17)9-13(16(20)21)12(15(18)19)6-7-22-2/h3-5,8H,6-7,9H2,1-2H3,(H,18,19)(H,20,21)/b13-12+. The Morgan fingerprint density at radius 2 is 1.73 bits per heavy atom. The van der Waals surface area contributed by atoms with E-state index < -0.39 is 29.7 Å². The maximum absolute atomic E-state index is 12.2. The molecule has 0 heterocycles. The molecule has 0 aromatic heterocycles. The van der Waals surface area contributed by atoms with Crippen molar-refractivity contribution in [2.75, 3.05) is 13.7 Å². The molecule has 0 radical (unpaired) electrons. The van der Waals surface area contributed by atoms with Crippen LogP contribution in [0.1, 0.15) is 28.8 Å². The van der Waals surface area contributed by atoms with Gasteiger partial charge < -0.3 is 14.9 Å². The molecule has 22 heavy (non-hydrogen) atoms. The predicted octanol–water partition coefficient (Wildman–Crippen LogP) is 2.07. The molecule has 0 saturated heterocycles. The van der Waals surface area contributed by atoms with E-state index in [0.29, 0.717) is 5.56 Å². The van der Waals surface area contributed by atoms with Crippen LogP contribution in [0.3, 0.4) is 0 Å². The summed E-state index contributed by atoms with van der Waals surface area (Å²) in [7, 11) is 1.39. The van der Waals surface area contributed by atoms with Gasteiger partial charge in [0, 0.05) is 25.5 Å². The SMILES string of the molecule is COCC/C(C(=O)O)=C(/CC(=O)c1cccc(C)c1)C(=O)O. The van der Waals surface area contributed by atoms with Gasteiger partial charge in [0.15, 0.2) is 5.78 Å². The number of carbonyl (C=O) groups excluding carboxylic acids is 1. The zero-order valence-corrected chi connectivity index (χ0v) is 12.5. The number of benzene rings is 1. The summed E-state index contributed by atoms with van der Waals surface area (Å²) in [6.45, 7) is 1.88. The van der Waals surface area contributed by atoms with Crippen molar-refractivity contribution in [1.82, 2.24) is 0 Å². The molecule has 1 aromatic rings. The number of aryl methyl sites for hydroxylation is 1. The van der Waals surface area contributed by atoms with Gasteiger partial charge in [0.2, 0.25) is 0 Å². The van der Waals surface area contributed by atoms with Crippen LogP contribution in [0.5, 0.6) is 0 Å². The highest BCUT2D eigenvalue weighted by Crippen LogP contribution is 2.18. The first-order chi connectivity index (χ1) is 10.4. The number of carboxylic acids is 2. The molecular weight excluding hydrogens is 288 g/mol. The van der Waals surface area contributed by atoms with E-state index in [0.717, 1.165) is 5.56 Å². The minimum Gasteiger partial charge on any atom is -0.478 e. The first-order valence-corrected chi connectivity index (χ1v) is 6.64. The summed E-state index contributed by atoms with van der Waals surface area (Å²) in [4.78, 5) is 34.8. The Labute approximate surface area is 128 Å². The summed E-state index contributed by atoms with van der Waals surface area (Å²) in [6.07, 6.45) is -0.543. The summed E-state index contributed by atoms with van der Waals surface area (Å²) >= 11 is 0. The van der Waals surface area contributed by atoms with Gasteiger partial charge in [0.1, 0.15) is 0 Å². The van der Waals surface area contributed by atoms with E-state index in [4.69, 9.17) is 9.84 Å². The van der Waals surface area contributed by atoms with Gasteiger partial charge in [0.25, 0.3) is 0 Å². The molecule has 6 nitrogen and oxygen atoms in total. The third-order valence-corrected chi connectivity index (χ3v) is 3.11. The van der Waals surface area contributed by atoms with E-state index in [9.17, 15) is 19.5 Å². The van der Waals surface area contributed by atoms with Crippen LogP contribution in [0.25, 0.3) is 0 Å². The summed E-state index contributed by atoms with van der Waals surface area (Å²) in [5.41, 5.74) is 0.506. The topological polar surface area (TPSA) is 101 Å². The van der Waals surface area contributed by atoms with Crippen LogP contribution in [0.4, 0.5) is 0 Å². The van der Waals surface area contributed by atoms with Gasteiger partial charge in [-0.25, -0.2) is 9.59 Å². The van der Waals surface area contributed by atoms with Crippen LogP contribution in [0.15, 0.2) is 35.4 Å².